The molecule has 0 aromatic rings. The summed E-state index contributed by atoms with van der Waals surface area (Å²) in [5, 5.41) is 0. The lowest BCUT2D eigenvalue weighted by molar-refractivity contribution is -0.135. The molecule has 1 aliphatic carbocycles. The van der Waals surface area contributed by atoms with Crippen LogP contribution < -0.4 is 0 Å². The van der Waals surface area contributed by atoms with E-state index < -0.39 is 0 Å². The molecule has 1 saturated carbocycles. The molecule has 1 fully saturated rings. The number of hydrogen-bond donors (Lipinski definition) is 0. The van der Waals surface area contributed by atoms with E-state index in [2.05, 4.69) is 0 Å². The topological polar surface area (TPSA) is 29.5 Å². The quantitative estimate of drug-likeness (QED) is 0.689. The van der Waals surface area contributed by atoms with E-state index in [4.69, 9.17) is 4.74 Å². The van der Waals surface area contributed by atoms with Gasteiger partial charge >= 0.3 is 0 Å². The molecule has 1 aliphatic rings. The Morgan fingerprint density at radius 2 is 2.00 bits per heavy atom. The summed E-state index contributed by atoms with van der Waals surface area (Å²) >= 11 is 0. The standard InChI is InChI=1S/C11H21NO2/c1-12(8-9-14-2)11(13)10-6-4-3-5-7-10/h10H,3-9H2,1-2H3. The summed E-state index contributed by atoms with van der Waals surface area (Å²) in [4.78, 5) is 13.7. The van der Waals surface area contributed by atoms with Crippen molar-refractivity contribution in [1.82, 2.24) is 4.90 Å². The summed E-state index contributed by atoms with van der Waals surface area (Å²) in [6.07, 6.45) is 5.89. The van der Waals surface area contributed by atoms with E-state index in [-0.39, 0.29) is 5.92 Å². The first kappa shape index (κ1) is 11.5. The smallest absolute Gasteiger partial charge is 0.225 e. The summed E-state index contributed by atoms with van der Waals surface area (Å²) in [5.41, 5.74) is 0. The number of ether oxygens (including phenoxy) is 1. The fraction of sp³-hybridized carbons (Fsp3) is 0.909. The summed E-state index contributed by atoms with van der Waals surface area (Å²) in [5.74, 6) is 0.590. The van der Waals surface area contributed by atoms with Crippen LogP contribution in [0.1, 0.15) is 32.1 Å². The Morgan fingerprint density at radius 3 is 2.57 bits per heavy atom. The van der Waals surface area contributed by atoms with Crippen LogP contribution >= 0.6 is 0 Å². The molecule has 3 nitrogen and oxygen atoms in total. The molecule has 0 aromatic heterocycles. The van der Waals surface area contributed by atoms with E-state index in [1.165, 1.54) is 19.3 Å². The fourth-order valence-corrected chi connectivity index (χ4v) is 2.00. The van der Waals surface area contributed by atoms with Crippen LogP contribution in [0, 0.1) is 5.92 Å². The van der Waals surface area contributed by atoms with Gasteiger partial charge in [-0.1, -0.05) is 19.3 Å². The van der Waals surface area contributed by atoms with E-state index in [0.29, 0.717) is 19.1 Å². The maximum atomic E-state index is 11.9. The lowest BCUT2D eigenvalue weighted by atomic mass is 9.88. The monoisotopic (exact) mass is 199 g/mol. The molecule has 14 heavy (non-hydrogen) atoms. The van der Waals surface area contributed by atoms with Gasteiger partial charge in [0.05, 0.1) is 6.61 Å². The Hall–Kier alpha value is -0.570. The zero-order valence-electron chi connectivity index (χ0n) is 9.29. The third-order valence-corrected chi connectivity index (χ3v) is 2.96. The van der Waals surface area contributed by atoms with Gasteiger partial charge in [0.2, 0.25) is 5.91 Å². The van der Waals surface area contributed by atoms with Gasteiger partial charge in [0.15, 0.2) is 0 Å². The molecule has 0 unspecified atom stereocenters. The molecule has 0 saturated heterocycles. The van der Waals surface area contributed by atoms with Crippen LogP contribution in [0.4, 0.5) is 0 Å². The van der Waals surface area contributed by atoms with Crippen LogP contribution in [-0.4, -0.2) is 38.1 Å². The van der Waals surface area contributed by atoms with Gasteiger partial charge in [0.25, 0.3) is 0 Å². The van der Waals surface area contributed by atoms with Crippen LogP contribution in [0.2, 0.25) is 0 Å². The molecule has 3 heteroatoms. The average molecular weight is 199 g/mol. The molecule has 0 aliphatic heterocycles. The Morgan fingerprint density at radius 1 is 1.36 bits per heavy atom. The van der Waals surface area contributed by atoms with Gasteiger partial charge in [0.1, 0.15) is 0 Å². The number of amides is 1. The number of rotatable bonds is 4. The number of hydrogen-bond acceptors (Lipinski definition) is 2. The zero-order valence-corrected chi connectivity index (χ0v) is 9.29. The Kier molecular flexibility index (Phi) is 4.94. The predicted molar refractivity (Wildman–Crippen MR) is 56.1 cm³/mol. The second-order valence-electron chi connectivity index (χ2n) is 4.09. The average Bonchev–Trinajstić information content (AvgIpc) is 2.26. The Labute approximate surface area is 86.4 Å². The zero-order chi connectivity index (χ0) is 10.4. The normalized spacial score (nSPS) is 18.1. The van der Waals surface area contributed by atoms with Crippen LogP contribution in [0.5, 0.6) is 0 Å². The minimum atomic E-state index is 0.283. The SMILES string of the molecule is COCCN(C)C(=O)C1CCCCC1. The molecule has 0 atom stereocenters. The third kappa shape index (κ3) is 3.29. The highest BCUT2D eigenvalue weighted by atomic mass is 16.5. The maximum Gasteiger partial charge on any atom is 0.225 e. The maximum absolute atomic E-state index is 11.9. The van der Waals surface area contributed by atoms with Crippen LogP contribution in [-0.2, 0) is 9.53 Å². The first-order valence-corrected chi connectivity index (χ1v) is 5.49. The van der Waals surface area contributed by atoms with Crippen LogP contribution in [0.3, 0.4) is 0 Å². The summed E-state index contributed by atoms with van der Waals surface area (Å²) in [6, 6.07) is 0. The molecule has 82 valence electrons. The van der Waals surface area contributed by atoms with Crippen molar-refractivity contribution in [2.24, 2.45) is 5.92 Å². The number of methoxy groups -OCH3 is 1. The van der Waals surface area contributed by atoms with E-state index >= 15 is 0 Å². The fourth-order valence-electron chi connectivity index (χ4n) is 2.00. The second-order valence-corrected chi connectivity index (χ2v) is 4.09. The van der Waals surface area contributed by atoms with Crippen molar-refractivity contribution in [1.29, 1.82) is 0 Å². The van der Waals surface area contributed by atoms with Gasteiger partial charge in [-0.25, -0.2) is 0 Å². The highest BCUT2D eigenvalue weighted by molar-refractivity contribution is 5.78. The highest BCUT2D eigenvalue weighted by Gasteiger charge is 2.23. The number of carbonyl (C=O) groups excluding carboxylic acids is 1. The van der Waals surface area contributed by atoms with Crippen molar-refractivity contribution in [3.05, 3.63) is 0 Å². The van der Waals surface area contributed by atoms with Gasteiger partial charge in [-0.3, -0.25) is 4.79 Å². The van der Waals surface area contributed by atoms with E-state index in [1.807, 2.05) is 7.05 Å². The molecule has 0 bridgehead atoms. The lowest BCUT2D eigenvalue weighted by Crippen LogP contribution is -2.36. The predicted octanol–water partition coefficient (Wildman–Crippen LogP) is 1.67. The second kappa shape index (κ2) is 6.02. The molecule has 1 rings (SSSR count). The molecular formula is C11H21NO2. The van der Waals surface area contributed by atoms with Crippen molar-refractivity contribution in [3.63, 3.8) is 0 Å². The van der Waals surface area contributed by atoms with Gasteiger partial charge in [-0.15, -0.1) is 0 Å². The number of carbonyl (C=O) groups is 1. The molecule has 0 aromatic carbocycles. The lowest BCUT2D eigenvalue weighted by Gasteiger charge is -2.26. The molecule has 0 radical (unpaired) electrons. The molecule has 0 heterocycles. The van der Waals surface area contributed by atoms with Crippen molar-refractivity contribution in [3.8, 4) is 0 Å². The van der Waals surface area contributed by atoms with Crippen LogP contribution in [0.25, 0.3) is 0 Å². The van der Waals surface area contributed by atoms with Gasteiger partial charge in [0, 0.05) is 26.6 Å². The van der Waals surface area contributed by atoms with Crippen molar-refractivity contribution < 1.29 is 9.53 Å². The molecule has 1 amide bonds. The minimum absolute atomic E-state index is 0.283. The summed E-state index contributed by atoms with van der Waals surface area (Å²) < 4.78 is 4.96. The van der Waals surface area contributed by atoms with E-state index in [0.717, 1.165) is 12.8 Å². The first-order valence-electron chi connectivity index (χ1n) is 5.49. The van der Waals surface area contributed by atoms with Crippen LogP contribution in [0.15, 0.2) is 0 Å². The molecular weight excluding hydrogens is 178 g/mol. The van der Waals surface area contributed by atoms with Crippen molar-refractivity contribution in [2.75, 3.05) is 27.3 Å². The number of nitrogens with zero attached hydrogens (tertiary/aromatic N) is 1. The van der Waals surface area contributed by atoms with Crippen molar-refractivity contribution in [2.45, 2.75) is 32.1 Å². The third-order valence-electron chi connectivity index (χ3n) is 2.96. The Balaban J connectivity index is 2.30. The highest BCUT2D eigenvalue weighted by Crippen LogP contribution is 2.24. The van der Waals surface area contributed by atoms with Gasteiger partial charge < -0.3 is 9.64 Å². The van der Waals surface area contributed by atoms with Gasteiger partial charge in [-0.05, 0) is 12.8 Å². The number of likely N-dealkylation sites (N-methyl/N-ethyl adjacent to an activating group) is 1. The first-order chi connectivity index (χ1) is 6.75. The van der Waals surface area contributed by atoms with E-state index in [1.54, 1.807) is 12.0 Å². The summed E-state index contributed by atoms with van der Waals surface area (Å²) in [7, 11) is 3.54. The van der Waals surface area contributed by atoms with E-state index in [9.17, 15) is 4.79 Å². The largest absolute Gasteiger partial charge is 0.383 e. The Bertz CT molecular complexity index is 176. The summed E-state index contributed by atoms with van der Waals surface area (Å²) in [6.45, 7) is 1.35. The molecule has 0 N–H and O–H groups in total. The molecule has 0 spiro atoms. The van der Waals surface area contributed by atoms with Crippen molar-refractivity contribution >= 4 is 5.91 Å². The minimum Gasteiger partial charge on any atom is -0.383 e. The van der Waals surface area contributed by atoms with Gasteiger partial charge in [-0.2, -0.15) is 0 Å².